The van der Waals surface area contributed by atoms with Crippen molar-refractivity contribution in [2.24, 2.45) is 5.92 Å². The molecule has 3 aliphatic rings. The van der Waals surface area contributed by atoms with E-state index in [1.807, 2.05) is 6.07 Å². The van der Waals surface area contributed by atoms with Gasteiger partial charge in [0.1, 0.15) is 11.5 Å². The molecule has 3 atom stereocenters. The fourth-order valence-corrected chi connectivity index (χ4v) is 6.22. The summed E-state index contributed by atoms with van der Waals surface area (Å²) in [4.78, 5) is 0.301. The Labute approximate surface area is 175 Å². The van der Waals surface area contributed by atoms with Crippen LogP contribution in [0.15, 0.2) is 53.4 Å². The SMILES string of the molecule is O=S(=O)(c1ccc2c(c1)C1C=CCC1C(c1ccc(O)cc1O)N2)N1CCOCC1. The van der Waals surface area contributed by atoms with Crippen LogP contribution in [0.2, 0.25) is 0 Å². The van der Waals surface area contributed by atoms with Gasteiger partial charge in [-0.25, -0.2) is 8.42 Å². The number of morpholine rings is 1. The maximum absolute atomic E-state index is 13.1. The minimum absolute atomic E-state index is 0.0199. The van der Waals surface area contributed by atoms with E-state index in [0.717, 1.165) is 23.2 Å². The van der Waals surface area contributed by atoms with Gasteiger partial charge in [-0.05, 0) is 48.2 Å². The van der Waals surface area contributed by atoms with Crippen LogP contribution in [-0.2, 0) is 14.8 Å². The number of benzene rings is 2. The number of phenols is 2. The van der Waals surface area contributed by atoms with E-state index < -0.39 is 10.0 Å². The number of rotatable bonds is 3. The summed E-state index contributed by atoms with van der Waals surface area (Å²) in [5.74, 6) is 0.271. The number of aromatic hydroxyl groups is 2. The van der Waals surface area contributed by atoms with Gasteiger partial charge < -0.3 is 20.3 Å². The molecule has 2 heterocycles. The zero-order chi connectivity index (χ0) is 20.9. The van der Waals surface area contributed by atoms with Gasteiger partial charge in [0, 0.05) is 36.3 Å². The summed E-state index contributed by atoms with van der Waals surface area (Å²) in [6.07, 6.45) is 5.06. The molecule has 8 heteroatoms. The molecule has 7 nitrogen and oxygen atoms in total. The molecular weight excluding hydrogens is 404 g/mol. The summed E-state index contributed by atoms with van der Waals surface area (Å²) in [7, 11) is -3.57. The summed E-state index contributed by atoms with van der Waals surface area (Å²) in [6, 6.07) is 9.76. The smallest absolute Gasteiger partial charge is 0.243 e. The zero-order valence-electron chi connectivity index (χ0n) is 16.4. The van der Waals surface area contributed by atoms with Crippen molar-refractivity contribution >= 4 is 15.7 Å². The number of allylic oxidation sites excluding steroid dienone is 2. The Hall–Kier alpha value is -2.55. The van der Waals surface area contributed by atoms with E-state index in [0.29, 0.717) is 31.2 Å². The lowest BCUT2D eigenvalue weighted by atomic mass is 9.77. The van der Waals surface area contributed by atoms with Crippen LogP contribution in [0, 0.1) is 5.92 Å². The molecule has 0 aromatic heterocycles. The number of nitrogens with zero attached hydrogens (tertiary/aromatic N) is 1. The average molecular weight is 429 g/mol. The topological polar surface area (TPSA) is 99.1 Å². The maximum Gasteiger partial charge on any atom is 0.243 e. The lowest BCUT2D eigenvalue weighted by molar-refractivity contribution is 0.0730. The van der Waals surface area contributed by atoms with Crippen LogP contribution in [0.3, 0.4) is 0 Å². The number of ether oxygens (including phenoxy) is 1. The summed E-state index contributed by atoms with van der Waals surface area (Å²) < 4.78 is 33.0. The highest BCUT2D eigenvalue weighted by atomic mass is 32.2. The number of nitrogens with one attached hydrogen (secondary N) is 1. The Balaban J connectivity index is 1.52. The van der Waals surface area contributed by atoms with Crippen LogP contribution < -0.4 is 5.32 Å². The van der Waals surface area contributed by atoms with Crippen molar-refractivity contribution in [2.45, 2.75) is 23.3 Å². The first kappa shape index (κ1) is 19.4. The molecule has 2 aliphatic heterocycles. The van der Waals surface area contributed by atoms with Crippen LogP contribution >= 0.6 is 0 Å². The van der Waals surface area contributed by atoms with Gasteiger partial charge in [0.05, 0.1) is 24.2 Å². The molecule has 0 amide bonds. The van der Waals surface area contributed by atoms with E-state index in [1.165, 1.54) is 10.4 Å². The fourth-order valence-electron chi connectivity index (χ4n) is 4.77. The largest absolute Gasteiger partial charge is 0.508 e. The highest BCUT2D eigenvalue weighted by molar-refractivity contribution is 7.89. The van der Waals surface area contributed by atoms with E-state index in [2.05, 4.69) is 17.5 Å². The third kappa shape index (κ3) is 3.15. The average Bonchev–Trinajstić information content (AvgIpc) is 3.24. The van der Waals surface area contributed by atoms with E-state index in [-0.39, 0.29) is 29.4 Å². The standard InChI is InChI=1S/C22H24N2O5S/c25-14-4-6-18(21(26)12-14)22-17-3-1-2-16(17)19-13-15(5-7-20(19)23-22)30(27,28)24-8-10-29-11-9-24/h1-2,4-7,12-13,16-17,22-23,25-26H,3,8-11H2. The molecule has 3 unspecified atom stereocenters. The predicted molar refractivity (Wildman–Crippen MR) is 112 cm³/mol. The van der Waals surface area contributed by atoms with E-state index >= 15 is 0 Å². The molecule has 1 fully saturated rings. The fraction of sp³-hybridized carbons (Fsp3) is 0.364. The van der Waals surface area contributed by atoms with Crippen LogP contribution in [0.25, 0.3) is 0 Å². The molecule has 5 rings (SSSR count). The lowest BCUT2D eigenvalue weighted by Gasteiger charge is -2.38. The van der Waals surface area contributed by atoms with Gasteiger partial charge >= 0.3 is 0 Å². The predicted octanol–water partition coefficient (Wildman–Crippen LogP) is 2.95. The van der Waals surface area contributed by atoms with Gasteiger partial charge in [-0.1, -0.05) is 12.2 Å². The van der Waals surface area contributed by atoms with Crippen LogP contribution in [0.5, 0.6) is 11.5 Å². The quantitative estimate of drug-likeness (QED) is 0.650. The van der Waals surface area contributed by atoms with E-state index in [1.54, 1.807) is 24.3 Å². The molecule has 2 aromatic rings. The minimum atomic E-state index is -3.57. The molecule has 0 spiro atoms. The Kier molecular flexibility index (Phi) is 4.72. The van der Waals surface area contributed by atoms with Crippen LogP contribution in [0.4, 0.5) is 5.69 Å². The number of fused-ring (bicyclic) bond motifs is 3. The van der Waals surface area contributed by atoms with Crippen molar-refractivity contribution in [3.05, 3.63) is 59.7 Å². The van der Waals surface area contributed by atoms with Gasteiger partial charge in [0.2, 0.25) is 10.0 Å². The Morgan fingerprint density at radius 2 is 1.83 bits per heavy atom. The normalized spacial score (nSPS) is 26.1. The Morgan fingerprint density at radius 3 is 2.60 bits per heavy atom. The van der Waals surface area contributed by atoms with Crippen molar-refractivity contribution in [1.82, 2.24) is 4.31 Å². The van der Waals surface area contributed by atoms with Crippen molar-refractivity contribution < 1.29 is 23.4 Å². The zero-order valence-corrected chi connectivity index (χ0v) is 17.2. The van der Waals surface area contributed by atoms with Gasteiger partial charge in [-0.3, -0.25) is 0 Å². The first-order chi connectivity index (χ1) is 14.4. The van der Waals surface area contributed by atoms with Crippen molar-refractivity contribution in [1.29, 1.82) is 0 Å². The molecule has 1 aliphatic carbocycles. The third-order valence-electron chi connectivity index (χ3n) is 6.29. The van der Waals surface area contributed by atoms with Gasteiger partial charge in [0.15, 0.2) is 0 Å². The molecule has 3 N–H and O–H groups in total. The molecule has 30 heavy (non-hydrogen) atoms. The first-order valence-electron chi connectivity index (χ1n) is 10.1. The number of hydrogen-bond acceptors (Lipinski definition) is 6. The van der Waals surface area contributed by atoms with E-state index in [4.69, 9.17) is 4.74 Å². The molecule has 1 saturated heterocycles. The monoisotopic (exact) mass is 428 g/mol. The number of sulfonamides is 1. The number of hydrogen-bond donors (Lipinski definition) is 3. The summed E-state index contributed by atoms with van der Waals surface area (Å²) >= 11 is 0. The maximum atomic E-state index is 13.1. The summed E-state index contributed by atoms with van der Waals surface area (Å²) in [5, 5.41) is 23.5. The summed E-state index contributed by atoms with van der Waals surface area (Å²) in [6.45, 7) is 1.56. The summed E-state index contributed by atoms with van der Waals surface area (Å²) in [5.41, 5.74) is 2.54. The third-order valence-corrected chi connectivity index (χ3v) is 8.19. The second-order valence-electron chi connectivity index (χ2n) is 7.98. The van der Waals surface area contributed by atoms with Crippen molar-refractivity contribution in [3.63, 3.8) is 0 Å². The number of phenolic OH excluding ortho intramolecular Hbond substituents is 2. The van der Waals surface area contributed by atoms with Crippen LogP contribution in [-0.4, -0.2) is 49.2 Å². The number of anilines is 1. The van der Waals surface area contributed by atoms with Crippen molar-refractivity contribution in [3.8, 4) is 11.5 Å². The Bertz CT molecular complexity index is 1110. The molecular formula is C22H24N2O5S. The second kappa shape index (κ2) is 7.30. The second-order valence-corrected chi connectivity index (χ2v) is 9.92. The highest BCUT2D eigenvalue weighted by Crippen LogP contribution is 2.51. The van der Waals surface area contributed by atoms with Crippen molar-refractivity contribution in [2.75, 3.05) is 31.6 Å². The van der Waals surface area contributed by atoms with Gasteiger partial charge in [0.25, 0.3) is 0 Å². The molecule has 0 bridgehead atoms. The molecule has 0 radical (unpaired) electrons. The van der Waals surface area contributed by atoms with Gasteiger partial charge in [-0.15, -0.1) is 0 Å². The van der Waals surface area contributed by atoms with Crippen LogP contribution in [0.1, 0.15) is 29.5 Å². The molecule has 0 saturated carbocycles. The van der Waals surface area contributed by atoms with Gasteiger partial charge in [-0.2, -0.15) is 4.31 Å². The lowest BCUT2D eigenvalue weighted by Crippen LogP contribution is -2.40. The van der Waals surface area contributed by atoms with E-state index in [9.17, 15) is 18.6 Å². The minimum Gasteiger partial charge on any atom is -0.508 e. The first-order valence-corrected chi connectivity index (χ1v) is 11.6. The Morgan fingerprint density at radius 1 is 1.03 bits per heavy atom. The molecule has 2 aromatic carbocycles. The highest BCUT2D eigenvalue weighted by Gasteiger charge is 2.39. The molecule has 158 valence electrons.